The Bertz CT molecular complexity index is 981. The molecule has 2 amide bonds. The quantitative estimate of drug-likeness (QED) is 0.684. The van der Waals surface area contributed by atoms with Gasteiger partial charge in [0.25, 0.3) is 5.91 Å². The van der Waals surface area contributed by atoms with Crippen molar-refractivity contribution in [3.63, 3.8) is 0 Å². The molecule has 1 aliphatic heterocycles. The summed E-state index contributed by atoms with van der Waals surface area (Å²) in [4.78, 5) is 37.0. The first-order valence-electron chi connectivity index (χ1n) is 8.29. The Labute approximate surface area is 175 Å². The molecule has 2 aromatic rings. The highest BCUT2D eigenvalue weighted by molar-refractivity contribution is 8.00. The van der Waals surface area contributed by atoms with E-state index < -0.39 is 18.5 Å². The summed E-state index contributed by atoms with van der Waals surface area (Å²) >= 11 is 13.6. The summed E-state index contributed by atoms with van der Waals surface area (Å²) in [6.07, 6.45) is 0. The van der Waals surface area contributed by atoms with Gasteiger partial charge in [-0.05, 0) is 43.7 Å². The lowest BCUT2D eigenvalue weighted by Gasteiger charge is -2.21. The first-order valence-corrected chi connectivity index (χ1v) is 9.93. The molecule has 6 nitrogen and oxygen atoms in total. The molecule has 3 rings (SSSR count). The van der Waals surface area contributed by atoms with Crippen LogP contribution >= 0.6 is 35.0 Å². The third kappa shape index (κ3) is 4.43. The summed E-state index contributed by atoms with van der Waals surface area (Å²) in [6.45, 7) is 3.08. The van der Waals surface area contributed by atoms with Crippen molar-refractivity contribution in [1.29, 1.82) is 0 Å². The normalized spacial score (nSPS) is 15.4. The smallest absolute Gasteiger partial charge is 0.338 e. The Hall–Kier alpha value is -2.22. The van der Waals surface area contributed by atoms with Crippen LogP contribution in [0.15, 0.2) is 35.2 Å². The molecule has 28 heavy (non-hydrogen) atoms. The largest absolute Gasteiger partial charge is 0.452 e. The van der Waals surface area contributed by atoms with Crippen molar-refractivity contribution in [3.8, 4) is 0 Å². The van der Waals surface area contributed by atoms with E-state index in [-0.39, 0.29) is 27.4 Å². The van der Waals surface area contributed by atoms with Crippen LogP contribution < -0.4 is 10.6 Å². The van der Waals surface area contributed by atoms with Gasteiger partial charge in [-0.3, -0.25) is 9.59 Å². The minimum atomic E-state index is -0.683. The molecule has 146 valence electrons. The molecule has 0 aromatic heterocycles. The number of esters is 1. The Morgan fingerprint density at radius 1 is 1.25 bits per heavy atom. The predicted octanol–water partition coefficient (Wildman–Crippen LogP) is 4.53. The van der Waals surface area contributed by atoms with Crippen LogP contribution in [0.5, 0.6) is 0 Å². The van der Waals surface area contributed by atoms with Gasteiger partial charge in [-0.25, -0.2) is 4.79 Å². The molecular weight excluding hydrogens is 423 g/mol. The summed E-state index contributed by atoms with van der Waals surface area (Å²) in [7, 11) is 0. The van der Waals surface area contributed by atoms with Crippen LogP contribution in [-0.2, 0) is 14.3 Å². The number of fused-ring (bicyclic) bond motifs is 1. The summed E-state index contributed by atoms with van der Waals surface area (Å²) in [5, 5.41) is 5.70. The van der Waals surface area contributed by atoms with Crippen LogP contribution in [0, 0.1) is 6.92 Å². The monoisotopic (exact) mass is 438 g/mol. The molecule has 1 heterocycles. The second-order valence-electron chi connectivity index (χ2n) is 6.14. The van der Waals surface area contributed by atoms with Gasteiger partial charge < -0.3 is 15.4 Å². The summed E-state index contributed by atoms with van der Waals surface area (Å²) in [5.74, 6) is -1.38. The average molecular weight is 439 g/mol. The molecule has 2 aromatic carbocycles. The van der Waals surface area contributed by atoms with Crippen molar-refractivity contribution in [3.05, 3.63) is 51.5 Å². The Kier molecular flexibility index (Phi) is 6.17. The molecule has 9 heteroatoms. The van der Waals surface area contributed by atoms with Gasteiger partial charge >= 0.3 is 5.97 Å². The highest BCUT2D eigenvalue weighted by atomic mass is 35.5. The minimum absolute atomic E-state index is 0.130. The van der Waals surface area contributed by atoms with Gasteiger partial charge in [0.2, 0.25) is 5.91 Å². The topological polar surface area (TPSA) is 84.5 Å². The van der Waals surface area contributed by atoms with Crippen LogP contribution in [0.4, 0.5) is 11.4 Å². The molecule has 0 fully saturated rings. The molecule has 0 saturated heterocycles. The number of hydrogen-bond donors (Lipinski definition) is 2. The highest BCUT2D eigenvalue weighted by Gasteiger charge is 2.24. The van der Waals surface area contributed by atoms with Crippen molar-refractivity contribution in [2.24, 2.45) is 0 Å². The molecule has 0 spiro atoms. The number of benzene rings is 2. The molecule has 1 atom stereocenters. The molecule has 1 unspecified atom stereocenters. The zero-order valence-corrected chi connectivity index (χ0v) is 17.3. The summed E-state index contributed by atoms with van der Waals surface area (Å²) in [5.41, 5.74) is 1.80. The van der Waals surface area contributed by atoms with Gasteiger partial charge in [-0.2, -0.15) is 0 Å². The zero-order valence-electron chi connectivity index (χ0n) is 15.0. The number of aryl methyl sites for hydroxylation is 1. The lowest BCUT2D eigenvalue weighted by molar-refractivity contribution is -0.119. The molecule has 0 aliphatic carbocycles. The van der Waals surface area contributed by atoms with Crippen molar-refractivity contribution >= 4 is 64.1 Å². The standard InChI is InChI=1S/C19H16Cl2N2O4S/c1-9-3-5-12(20)17(16(9)21)23-15(24)8-27-19(26)11-4-6-14-13(7-11)22-18(25)10(2)28-14/h3-7,10H,8H2,1-2H3,(H,22,25)(H,23,24). The SMILES string of the molecule is Cc1ccc(Cl)c(NC(=O)COC(=O)c2ccc3c(c2)NC(=O)C(C)S3)c1Cl. The lowest BCUT2D eigenvalue weighted by Crippen LogP contribution is -2.26. The van der Waals surface area contributed by atoms with Crippen LogP contribution in [0.2, 0.25) is 10.0 Å². The fraction of sp³-hybridized carbons (Fsp3) is 0.211. The number of rotatable bonds is 4. The number of hydrogen-bond acceptors (Lipinski definition) is 5. The number of halogens is 2. The van der Waals surface area contributed by atoms with E-state index in [9.17, 15) is 14.4 Å². The number of anilines is 2. The maximum absolute atomic E-state index is 12.2. The van der Waals surface area contributed by atoms with Crippen molar-refractivity contribution in [1.82, 2.24) is 0 Å². The molecule has 1 aliphatic rings. The van der Waals surface area contributed by atoms with Gasteiger partial charge in [0.1, 0.15) is 0 Å². The maximum Gasteiger partial charge on any atom is 0.338 e. The number of carbonyl (C=O) groups is 3. The number of amides is 2. The van der Waals surface area contributed by atoms with E-state index in [1.54, 1.807) is 38.1 Å². The van der Waals surface area contributed by atoms with Gasteiger partial charge in [0, 0.05) is 4.90 Å². The summed E-state index contributed by atoms with van der Waals surface area (Å²) in [6, 6.07) is 8.20. The summed E-state index contributed by atoms with van der Waals surface area (Å²) < 4.78 is 5.05. The predicted molar refractivity (Wildman–Crippen MR) is 111 cm³/mol. The lowest BCUT2D eigenvalue weighted by atomic mass is 10.2. The zero-order chi connectivity index (χ0) is 20.4. The molecule has 0 radical (unpaired) electrons. The van der Waals surface area contributed by atoms with E-state index in [1.807, 2.05) is 0 Å². The van der Waals surface area contributed by atoms with Crippen LogP contribution in [-0.4, -0.2) is 29.6 Å². The van der Waals surface area contributed by atoms with E-state index in [0.717, 1.165) is 10.5 Å². The molecule has 0 bridgehead atoms. The van der Waals surface area contributed by atoms with E-state index in [1.165, 1.54) is 17.8 Å². The number of thioether (sulfide) groups is 1. The third-order valence-corrected chi connectivity index (χ3v) is 6.01. The molecule has 2 N–H and O–H groups in total. The fourth-order valence-electron chi connectivity index (χ4n) is 2.50. The van der Waals surface area contributed by atoms with E-state index in [4.69, 9.17) is 27.9 Å². The third-order valence-electron chi connectivity index (χ3n) is 4.03. The van der Waals surface area contributed by atoms with Gasteiger partial charge in [0.15, 0.2) is 6.61 Å². The average Bonchev–Trinajstić information content (AvgIpc) is 2.67. The molecular formula is C19H16Cl2N2O4S. The maximum atomic E-state index is 12.2. The Balaban J connectivity index is 1.63. The highest BCUT2D eigenvalue weighted by Crippen LogP contribution is 2.36. The fourth-order valence-corrected chi connectivity index (χ4v) is 3.89. The number of carbonyl (C=O) groups excluding carboxylic acids is 3. The minimum Gasteiger partial charge on any atom is -0.452 e. The second-order valence-corrected chi connectivity index (χ2v) is 8.31. The van der Waals surface area contributed by atoms with Crippen molar-refractivity contribution in [2.45, 2.75) is 24.0 Å². The first kappa shape index (κ1) is 20.5. The van der Waals surface area contributed by atoms with Crippen LogP contribution in [0.3, 0.4) is 0 Å². The van der Waals surface area contributed by atoms with Gasteiger partial charge in [0.05, 0.1) is 32.2 Å². The van der Waals surface area contributed by atoms with Crippen LogP contribution in [0.25, 0.3) is 0 Å². The molecule has 0 saturated carbocycles. The first-order chi connectivity index (χ1) is 13.3. The van der Waals surface area contributed by atoms with E-state index in [0.29, 0.717) is 10.7 Å². The van der Waals surface area contributed by atoms with Crippen LogP contribution in [0.1, 0.15) is 22.8 Å². The van der Waals surface area contributed by atoms with Crippen molar-refractivity contribution in [2.75, 3.05) is 17.2 Å². The number of ether oxygens (including phenoxy) is 1. The van der Waals surface area contributed by atoms with Crippen molar-refractivity contribution < 1.29 is 19.1 Å². The van der Waals surface area contributed by atoms with E-state index in [2.05, 4.69) is 10.6 Å². The van der Waals surface area contributed by atoms with E-state index >= 15 is 0 Å². The van der Waals surface area contributed by atoms with Gasteiger partial charge in [-0.1, -0.05) is 29.3 Å². The Morgan fingerprint density at radius 3 is 2.75 bits per heavy atom. The second kappa shape index (κ2) is 8.43. The Morgan fingerprint density at radius 2 is 2.00 bits per heavy atom. The number of nitrogens with one attached hydrogen (secondary N) is 2. The van der Waals surface area contributed by atoms with Gasteiger partial charge in [-0.15, -0.1) is 11.8 Å².